The topological polar surface area (TPSA) is 122 Å². The van der Waals surface area contributed by atoms with Gasteiger partial charge in [0.1, 0.15) is 10.3 Å². The van der Waals surface area contributed by atoms with Crippen LogP contribution in [0.25, 0.3) is 21.8 Å². The van der Waals surface area contributed by atoms with Crippen molar-refractivity contribution in [3.05, 3.63) is 58.0 Å². The third kappa shape index (κ3) is 3.03. The van der Waals surface area contributed by atoms with Crippen LogP contribution in [0.4, 0.5) is 5.95 Å². The molecule has 0 saturated heterocycles. The highest BCUT2D eigenvalue weighted by Gasteiger charge is 2.21. The highest BCUT2D eigenvalue weighted by molar-refractivity contribution is 7.90. The number of halogens is 1. The number of aromatic nitrogens is 4. The van der Waals surface area contributed by atoms with Crippen molar-refractivity contribution in [2.75, 3.05) is 5.43 Å². The predicted molar refractivity (Wildman–Crippen MR) is 102 cm³/mol. The van der Waals surface area contributed by atoms with Crippen molar-refractivity contribution in [1.29, 1.82) is 0 Å². The summed E-state index contributed by atoms with van der Waals surface area (Å²) in [5, 5.41) is 5.52. The third-order valence-corrected chi connectivity index (χ3v) is 5.78. The lowest BCUT2D eigenvalue weighted by Crippen LogP contribution is -2.31. The summed E-state index contributed by atoms with van der Waals surface area (Å²) in [5.74, 6) is -0.0731. The molecule has 0 aliphatic heterocycles. The van der Waals surface area contributed by atoms with E-state index in [9.17, 15) is 13.2 Å². The Labute approximate surface area is 158 Å². The number of fused-ring (bicyclic) bond motifs is 2. The molecule has 0 aliphatic rings. The van der Waals surface area contributed by atoms with Gasteiger partial charge in [-0.15, -0.1) is 4.83 Å². The van der Waals surface area contributed by atoms with E-state index in [2.05, 4.69) is 25.3 Å². The van der Waals surface area contributed by atoms with Crippen molar-refractivity contribution >= 4 is 49.4 Å². The van der Waals surface area contributed by atoms with E-state index in [-0.39, 0.29) is 15.9 Å². The van der Waals surface area contributed by atoms with Crippen LogP contribution < -0.4 is 15.8 Å². The number of hydrogen-bond acceptors (Lipinski definition) is 6. The van der Waals surface area contributed by atoms with Crippen LogP contribution in [0.1, 0.15) is 0 Å². The Morgan fingerprint density at radius 2 is 1.93 bits per heavy atom. The van der Waals surface area contributed by atoms with Gasteiger partial charge < -0.3 is 0 Å². The number of nitrogens with one attached hydrogen (secondary N) is 3. The Morgan fingerprint density at radius 3 is 2.74 bits per heavy atom. The molecule has 27 heavy (non-hydrogen) atoms. The Hall–Kier alpha value is -2.95. The zero-order valence-electron chi connectivity index (χ0n) is 13.9. The summed E-state index contributed by atoms with van der Waals surface area (Å²) in [7, 11) is -2.43. The van der Waals surface area contributed by atoms with Crippen molar-refractivity contribution in [2.24, 2.45) is 7.05 Å². The third-order valence-electron chi connectivity index (χ3n) is 4.01. The van der Waals surface area contributed by atoms with Crippen LogP contribution in [0.3, 0.4) is 0 Å². The van der Waals surface area contributed by atoms with Crippen LogP contribution in [0.15, 0.2) is 52.3 Å². The lowest BCUT2D eigenvalue weighted by atomic mass is 10.1. The number of benzene rings is 2. The molecule has 0 spiro atoms. The molecular formula is C16H13ClN6O3S. The van der Waals surface area contributed by atoms with Crippen LogP contribution in [-0.4, -0.2) is 28.2 Å². The molecule has 0 fully saturated rings. The Balaban J connectivity index is 1.72. The number of aromatic amines is 1. The van der Waals surface area contributed by atoms with Crippen LogP contribution in [0.5, 0.6) is 0 Å². The fourth-order valence-corrected chi connectivity index (χ4v) is 4.35. The van der Waals surface area contributed by atoms with Gasteiger partial charge in [-0.3, -0.25) is 19.9 Å². The Bertz CT molecular complexity index is 1350. The fraction of sp³-hybridized carbons (Fsp3) is 0.0625. The normalized spacial score (nSPS) is 11.9. The second-order valence-electron chi connectivity index (χ2n) is 5.75. The number of aryl methyl sites for hydroxylation is 1. The first kappa shape index (κ1) is 17.5. The zero-order chi connectivity index (χ0) is 19.2. The second-order valence-corrected chi connectivity index (χ2v) is 7.77. The molecule has 0 atom stereocenters. The van der Waals surface area contributed by atoms with Gasteiger partial charge >= 0.3 is 0 Å². The number of hydrogen-bond donors (Lipinski definition) is 3. The smallest absolute Gasteiger partial charge is 0.263 e. The molecule has 0 aliphatic carbocycles. The molecule has 138 valence electrons. The number of rotatable bonds is 4. The molecule has 9 nitrogen and oxygen atoms in total. The molecular weight excluding hydrogens is 392 g/mol. The summed E-state index contributed by atoms with van der Waals surface area (Å²) in [6.45, 7) is 0. The van der Waals surface area contributed by atoms with Crippen LogP contribution in [-0.2, 0) is 17.1 Å². The summed E-state index contributed by atoms with van der Waals surface area (Å²) < 4.78 is 27.0. The fourth-order valence-electron chi connectivity index (χ4n) is 2.75. The molecule has 0 radical (unpaired) electrons. The van der Waals surface area contributed by atoms with Gasteiger partial charge in [0.2, 0.25) is 5.95 Å². The average molecular weight is 405 g/mol. The van der Waals surface area contributed by atoms with E-state index in [1.54, 1.807) is 37.4 Å². The number of hydrazine groups is 1. The first-order valence-corrected chi connectivity index (χ1v) is 9.60. The van der Waals surface area contributed by atoms with E-state index in [1.165, 1.54) is 16.9 Å². The van der Waals surface area contributed by atoms with Crippen LogP contribution in [0, 0.1) is 0 Å². The number of sulfonamides is 1. The number of H-pyrrole nitrogens is 1. The van der Waals surface area contributed by atoms with Gasteiger partial charge in [0.25, 0.3) is 15.6 Å². The maximum atomic E-state index is 12.8. The van der Waals surface area contributed by atoms with E-state index < -0.39 is 15.6 Å². The second kappa shape index (κ2) is 6.34. The quantitative estimate of drug-likeness (QED) is 0.445. The minimum Gasteiger partial charge on any atom is -0.291 e. The lowest BCUT2D eigenvalue weighted by molar-refractivity contribution is 0.588. The zero-order valence-corrected chi connectivity index (χ0v) is 15.5. The maximum Gasteiger partial charge on any atom is 0.263 e. The molecule has 4 rings (SSSR count). The summed E-state index contributed by atoms with van der Waals surface area (Å²) in [6, 6.07) is 10.2. The van der Waals surface area contributed by atoms with Crippen LogP contribution >= 0.6 is 11.6 Å². The lowest BCUT2D eigenvalue weighted by Gasteiger charge is -2.12. The standard InChI is InChI=1S/C16H13ClN6O3S/c1-23-14-11(8-18-23)15(24)20-16(19-14)21-22-27(25,26)13-10-5-3-2-4-9(10)6-7-12(13)17/h2-8,22H,1H3,(H2,19,20,21,24). The predicted octanol–water partition coefficient (Wildman–Crippen LogP) is 1.77. The molecule has 0 amide bonds. The Kier molecular flexibility index (Phi) is 4.10. The molecule has 2 aromatic carbocycles. The molecule has 11 heteroatoms. The molecule has 2 aromatic heterocycles. The van der Waals surface area contributed by atoms with Gasteiger partial charge in [-0.25, -0.2) is 8.42 Å². The van der Waals surface area contributed by atoms with Crippen molar-refractivity contribution in [1.82, 2.24) is 24.6 Å². The minimum absolute atomic E-state index is 0.0706. The van der Waals surface area contributed by atoms with Crippen molar-refractivity contribution in [3.8, 4) is 0 Å². The molecule has 0 bridgehead atoms. The van der Waals surface area contributed by atoms with Gasteiger partial charge in [0, 0.05) is 12.4 Å². The maximum absolute atomic E-state index is 12.8. The molecule has 0 unspecified atom stereocenters. The van der Waals surface area contributed by atoms with Gasteiger partial charge in [-0.1, -0.05) is 41.9 Å². The summed E-state index contributed by atoms with van der Waals surface area (Å²) in [6.07, 6.45) is 1.38. The molecule has 4 aromatic rings. The van der Waals surface area contributed by atoms with Gasteiger partial charge in [0.15, 0.2) is 5.65 Å². The minimum atomic E-state index is -4.06. The van der Waals surface area contributed by atoms with Crippen molar-refractivity contribution in [2.45, 2.75) is 4.90 Å². The first-order chi connectivity index (χ1) is 12.9. The van der Waals surface area contributed by atoms with Crippen molar-refractivity contribution < 1.29 is 8.42 Å². The summed E-state index contributed by atoms with van der Waals surface area (Å²) in [5.41, 5.74) is 2.28. The highest BCUT2D eigenvalue weighted by Crippen LogP contribution is 2.30. The van der Waals surface area contributed by atoms with Gasteiger partial charge in [0.05, 0.1) is 11.2 Å². The Morgan fingerprint density at radius 1 is 1.15 bits per heavy atom. The van der Waals surface area contributed by atoms with E-state index in [1.807, 2.05) is 0 Å². The molecule has 3 N–H and O–H groups in total. The first-order valence-electron chi connectivity index (χ1n) is 7.74. The highest BCUT2D eigenvalue weighted by atomic mass is 35.5. The van der Waals surface area contributed by atoms with E-state index in [0.29, 0.717) is 16.4 Å². The summed E-state index contributed by atoms with van der Waals surface area (Å²) in [4.78, 5) is 20.8. The molecule has 2 heterocycles. The summed E-state index contributed by atoms with van der Waals surface area (Å²) >= 11 is 6.15. The van der Waals surface area contributed by atoms with Gasteiger partial charge in [-0.2, -0.15) is 10.1 Å². The van der Waals surface area contributed by atoms with E-state index in [4.69, 9.17) is 11.6 Å². The van der Waals surface area contributed by atoms with E-state index >= 15 is 0 Å². The number of anilines is 1. The SMILES string of the molecule is Cn1ncc2c(=O)[nH]c(NNS(=O)(=O)c3c(Cl)ccc4ccccc34)nc21. The number of nitrogens with zero attached hydrogens (tertiary/aromatic N) is 3. The van der Waals surface area contributed by atoms with Gasteiger partial charge in [-0.05, 0) is 11.5 Å². The van der Waals surface area contributed by atoms with E-state index in [0.717, 1.165) is 5.39 Å². The average Bonchev–Trinajstić information content (AvgIpc) is 3.01. The molecule has 0 saturated carbocycles. The van der Waals surface area contributed by atoms with Crippen LogP contribution in [0.2, 0.25) is 5.02 Å². The monoisotopic (exact) mass is 404 g/mol. The van der Waals surface area contributed by atoms with Crippen molar-refractivity contribution in [3.63, 3.8) is 0 Å². The largest absolute Gasteiger partial charge is 0.291 e.